The van der Waals surface area contributed by atoms with E-state index in [2.05, 4.69) is 21.1 Å². The SMILES string of the molecule is O=C(OC(Cl)(Cl)Cl)OC(Cl)(Cl)[ClH+]. The highest BCUT2D eigenvalue weighted by atomic mass is 35.6. The van der Waals surface area contributed by atoms with Gasteiger partial charge in [-0.25, -0.2) is 4.79 Å². The fourth-order valence-corrected chi connectivity index (χ4v) is 0.595. The lowest BCUT2D eigenvalue weighted by Crippen LogP contribution is -2.24. The van der Waals surface area contributed by atoms with Gasteiger partial charge in [-0.15, -0.1) is 0 Å². The summed E-state index contributed by atoms with van der Waals surface area (Å²) in [5.74, 6) is 0. The summed E-state index contributed by atoms with van der Waals surface area (Å²) in [4.78, 5) is 10.5. The van der Waals surface area contributed by atoms with Gasteiger partial charge in [0.1, 0.15) is 0 Å². The van der Waals surface area contributed by atoms with Crippen LogP contribution in [-0.4, -0.2) is 14.1 Å². The molecular formula is C3HCl6O3+. The lowest BCUT2D eigenvalue weighted by atomic mass is 11.3. The molecule has 0 aliphatic heterocycles. The highest BCUT2D eigenvalue weighted by Gasteiger charge is 2.38. The van der Waals surface area contributed by atoms with E-state index in [0.29, 0.717) is 0 Å². The lowest BCUT2D eigenvalue weighted by Gasteiger charge is -2.11. The van der Waals surface area contributed by atoms with Gasteiger partial charge < -0.3 is 9.47 Å². The molecule has 0 saturated carbocycles. The first-order chi connectivity index (χ1) is 5.10. The van der Waals surface area contributed by atoms with Gasteiger partial charge >= 0.3 is 14.1 Å². The molecule has 0 aromatic rings. The van der Waals surface area contributed by atoms with Crippen LogP contribution in [-0.2, 0) is 9.47 Å². The van der Waals surface area contributed by atoms with Crippen LogP contribution in [0.3, 0.4) is 0 Å². The summed E-state index contributed by atoms with van der Waals surface area (Å²) in [5.41, 5.74) is 0. The summed E-state index contributed by atoms with van der Waals surface area (Å²) < 4.78 is 3.70. The highest BCUT2D eigenvalue weighted by molar-refractivity contribution is 6.66. The van der Waals surface area contributed by atoms with Crippen molar-refractivity contribution in [3.63, 3.8) is 0 Å². The molecule has 0 spiro atoms. The van der Waals surface area contributed by atoms with Crippen LogP contribution < -0.4 is 0 Å². The Morgan fingerprint density at radius 2 is 1.50 bits per heavy atom. The largest absolute Gasteiger partial charge is 0.518 e. The van der Waals surface area contributed by atoms with Crippen LogP contribution >= 0.6 is 58.0 Å². The molecular weight excluding hydrogens is 297 g/mol. The van der Waals surface area contributed by atoms with E-state index in [1.165, 1.54) is 0 Å². The van der Waals surface area contributed by atoms with Crippen molar-refractivity contribution < 1.29 is 25.9 Å². The van der Waals surface area contributed by atoms with Crippen molar-refractivity contribution in [2.45, 2.75) is 7.96 Å². The zero-order valence-electron chi connectivity index (χ0n) is 5.02. The van der Waals surface area contributed by atoms with Crippen molar-refractivity contribution in [2.24, 2.45) is 0 Å². The van der Waals surface area contributed by atoms with Gasteiger partial charge in [0.15, 0.2) is 11.6 Å². The fraction of sp³-hybridized carbons (Fsp3) is 0.667. The summed E-state index contributed by atoms with van der Waals surface area (Å²) in [6.07, 6.45) is -1.38. The van der Waals surface area contributed by atoms with Gasteiger partial charge in [0.25, 0.3) is 0 Å². The Kier molecular flexibility index (Phi) is 4.87. The Bertz CT molecular complexity index is 150. The molecule has 0 aromatic carbocycles. The van der Waals surface area contributed by atoms with Crippen LogP contribution in [0.25, 0.3) is 0 Å². The smallest absolute Gasteiger partial charge is 0.382 e. The van der Waals surface area contributed by atoms with Crippen molar-refractivity contribution in [3.8, 4) is 0 Å². The lowest BCUT2D eigenvalue weighted by molar-refractivity contribution is -0.470. The molecule has 9 heteroatoms. The quantitative estimate of drug-likeness (QED) is 0.509. The number of ether oxygens (including phenoxy) is 2. The molecule has 0 N–H and O–H groups in total. The Labute approximate surface area is 97.7 Å². The van der Waals surface area contributed by atoms with Crippen LogP contribution in [0, 0.1) is 11.6 Å². The number of carbonyl (C=O) groups excluding carboxylic acids is 1. The first-order valence-corrected chi connectivity index (χ1v) is 4.47. The van der Waals surface area contributed by atoms with Crippen LogP contribution in [0.4, 0.5) is 4.79 Å². The Hall–Kier alpha value is 1.01. The van der Waals surface area contributed by atoms with Gasteiger partial charge in [0.05, 0.1) is 0 Å². The number of halogens is 6. The van der Waals surface area contributed by atoms with Gasteiger partial charge in [0, 0.05) is 23.2 Å². The second-order valence-corrected chi connectivity index (χ2v) is 5.82. The zero-order valence-corrected chi connectivity index (χ0v) is 9.62. The maximum atomic E-state index is 10.5. The van der Waals surface area contributed by atoms with Crippen molar-refractivity contribution in [2.75, 3.05) is 0 Å². The van der Waals surface area contributed by atoms with E-state index < -0.39 is 14.1 Å². The average Bonchev–Trinajstić information content (AvgIpc) is 1.49. The Morgan fingerprint density at radius 3 is 1.75 bits per heavy atom. The monoisotopic (exact) mass is 295 g/mol. The molecule has 0 saturated heterocycles. The van der Waals surface area contributed by atoms with Crippen LogP contribution in [0.2, 0.25) is 0 Å². The Balaban J connectivity index is 3.92. The average molecular weight is 298 g/mol. The number of hydrogen-bond acceptors (Lipinski definition) is 3. The van der Waals surface area contributed by atoms with E-state index in [9.17, 15) is 4.79 Å². The van der Waals surface area contributed by atoms with Gasteiger partial charge in [-0.05, 0) is 34.8 Å². The molecule has 0 radical (unpaired) electrons. The third-order valence-electron chi connectivity index (χ3n) is 0.401. The minimum atomic E-state index is -2.23. The molecule has 72 valence electrons. The second kappa shape index (κ2) is 4.49. The molecule has 0 unspecified atom stereocenters. The van der Waals surface area contributed by atoms with Crippen molar-refractivity contribution in [3.05, 3.63) is 0 Å². The molecule has 12 heavy (non-hydrogen) atoms. The second-order valence-electron chi connectivity index (χ2n) is 1.36. The third-order valence-corrected chi connectivity index (χ3v) is 0.870. The van der Waals surface area contributed by atoms with E-state index in [1.807, 2.05) is 0 Å². The third kappa shape index (κ3) is 9.10. The van der Waals surface area contributed by atoms with Gasteiger partial charge in [-0.3, -0.25) is 0 Å². The minimum Gasteiger partial charge on any atom is -0.382 e. The maximum Gasteiger partial charge on any atom is 0.518 e. The molecule has 0 heterocycles. The van der Waals surface area contributed by atoms with Crippen molar-refractivity contribution in [1.29, 1.82) is 0 Å². The molecule has 3 nitrogen and oxygen atoms in total. The van der Waals surface area contributed by atoms with Gasteiger partial charge in [-0.2, -0.15) is 0 Å². The summed E-state index contributed by atoms with van der Waals surface area (Å²) >= 11 is 29.5. The molecule has 0 amide bonds. The molecule has 0 fully saturated rings. The zero-order chi connectivity index (χ0) is 9.99. The highest BCUT2D eigenvalue weighted by Crippen LogP contribution is 2.29. The molecule has 0 aliphatic rings. The van der Waals surface area contributed by atoms with E-state index >= 15 is 0 Å². The van der Waals surface area contributed by atoms with Crippen molar-refractivity contribution in [1.82, 2.24) is 0 Å². The molecule has 0 rings (SSSR count). The standard InChI is InChI=1S/C3HCl6O3/c4-2(5,6)11-1(10)12-3(7,8)9/h4H/q+1. The molecule has 0 atom stereocenters. The van der Waals surface area contributed by atoms with Crippen molar-refractivity contribution >= 4 is 64.2 Å². The first kappa shape index (κ1) is 13.0. The summed E-state index contributed by atoms with van der Waals surface area (Å²) in [6, 6.07) is 0. The summed E-state index contributed by atoms with van der Waals surface area (Å²) in [5, 5.41) is 0. The topological polar surface area (TPSA) is 35.5 Å². The molecule has 0 bridgehead atoms. The van der Waals surface area contributed by atoms with Crippen LogP contribution in [0.5, 0.6) is 0 Å². The molecule has 0 aromatic heterocycles. The van der Waals surface area contributed by atoms with E-state index in [1.54, 1.807) is 0 Å². The number of hydrogen-bond donors (Lipinski definition) is 0. The number of alkyl halides is 6. The predicted molar refractivity (Wildman–Crippen MR) is 43.7 cm³/mol. The van der Waals surface area contributed by atoms with E-state index in [-0.39, 0.29) is 0 Å². The fourth-order valence-electron chi connectivity index (χ4n) is 0.212. The van der Waals surface area contributed by atoms with Crippen LogP contribution in [0.15, 0.2) is 0 Å². The van der Waals surface area contributed by atoms with Gasteiger partial charge in [0.2, 0.25) is 0 Å². The molecule has 0 aliphatic carbocycles. The van der Waals surface area contributed by atoms with Gasteiger partial charge in [-0.1, -0.05) is 0 Å². The first-order valence-electron chi connectivity index (χ1n) is 2.17. The van der Waals surface area contributed by atoms with E-state index in [0.717, 1.165) is 0 Å². The normalized spacial score (nSPS) is 12.5. The summed E-state index contributed by atoms with van der Waals surface area (Å²) in [7, 11) is 0. The predicted octanol–water partition coefficient (Wildman–Crippen LogP) is 2.84. The maximum absolute atomic E-state index is 10.5. The summed E-state index contributed by atoms with van der Waals surface area (Å²) in [6.45, 7) is 0. The minimum absolute atomic E-state index is 1.38. The number of rotatable bonds is 0. The Morgan fingerprint density at radius 1 is 1.08 bits per heavy atom. The number of carbonyl (C=O) groups is 1. The van der Waals surface area contributed by atoms with E-state index in [4.69, 9.17) is 58.0 Å². The van der Waals surface area contributed by atoms with Crippen LogP contribution in [0.1, 0.15) is 0 Å².